The number of unbranched alkanes of at least 4 members (excludes halogenated alkanes) is 3. The van der Waals surface area contributed by atoms with E-state index in [0.717, 1.165) is 32.2 Å². The van der Waals surface area contributed by atoms with Crippen LogP contribution in [0.1, 0.15) is 25.7 Å². The van der Waals surface area contributed by atoms with Gasteiger partial charge in [-0.1, -0.05) is 12.8 Å². The summed E-state index contributed by atoms with van der Waals surface area (Å²) in [6.45, 7) is 1.23. The lowest BCUT2D eigenvalue weighted by molar-refractivity contribution is 0.200. The Kier molecular flexibility index (Phi) is 9.50. The largest absolute Gasteiger partial charge is 0.347 e. The van der Waals surface area contributed by atoms with Crippen molar-refractivity contribution >= 4 is 8.60 Å². The molecule has 0 amide bonds. The Labute approximate surface area is 74.0 Å². The first-order valence-corrected chi connectivity index (χ1v) is 5.13. The smallest absolute Gasteiger partial charge is 0.330 e. The van der Waals surface area contributed by atoms with E-state index in [9.17, 15) is 0 Å². The Bertz CT molecular complexity index is 96.9. The lowest BCUT2D eigenvalue weighted by Crippen LogP contribution is -1.99. The van der Waals surface area contributed by atoms with Gasteiger partial charge < -0.3 is 15.2 Å². The van der Waals surface area contributed by atoms with E-state index in [2.05, 4.69) is 10.5 Å². The molecule has 0 spiro atoms. The predicted octanol–water partition coefficient (Wildman–Crippen LogP) is 0.632. The maximum absolute atomic E-state index is 8.74. The van der Waals surface area contributed by atoms with Crippen LogP contribution in [0.2, 0.25) is 0 Å². The first kappa shape index (κ1) is 12.2. The van der Waals surface area contributed by atoms with Crippen molar-refractivity contribution < 1.29 is 14.0 Å². The fraction of sp³-hybridized carbons (Fsp3) is 1.00. The molecule has 12 heavy (non-hydrogen) atoms. The molecular formula is C6H17N2O3P. The zero-order valence-corrected chi connectivity index (χ0v) is 8.00. The highest BCUT2D eigenvalue weighted by Crippen LogP contribution is 2.29. The second kappa shape index (κ2) is 9.32. The molecule has 0 aliphatic heterocycles. The molecule has 0 saturated carbocycles. The molecule has 0 saturated heterocycles. The van der Waals surface area contributed by atoms with Crippen LogP contribution in [0.4, 0.5) is 0 Å². The second-order valence-electron chi connectivity index (χ2n) is 2.38. The molecule has 0 aromatic heterocycles. The molecule has 6 heteroatoms. The van der Waals surface area contributed by atoms with Crippen LogP contribution in [-0.4, -0.2) is 18.0 Å². The fourth-order valence-electron chi connectivity index (χ4n) is 0.773. The van der Waals surface area contributed by atoms with Gasteiger partial charge in [-0.2, -0.15) is 0 Å². The average molecular weight is 196 g/mol. The van der Waals surface area contributed by atoms with Crippen LogP contribution in [0.5, 0.6) is 0 Å². The standard InChI is InChI=1S/C6H17N2O3P/c7-5-3-1-2-4-6-10-12(9)11-8/h9H,1-8H2. The van der Waals surface area contributed by atoms with Crippen molar-refractivity contribution in [2.75, 3.05) is 13.2 Å². The Morgan fingerprint density at radius 1 is 1.17 bits per heavy atom. The van der Waals surface area contributed by atoms with Crippen LogP contribution < -0.4 is 11.6 Å². The zero-order chi connectivity index (χ0) is 9.23. The lowest BCUT2D eigenvalue weighted by Gasteiger charge is -2.05. The lowest BCUT2D eigenvalue weighted by atomic mass is 10.2. The molecule has 0 aliphatic carbocycles. The van der Waals surface area contributed by atoms with Crippen molar-refractivity contribution in [2.45, 2.75) is 25.7 Å². The van der Waals surface area contributed by atoms with Crippen LogP contribution in [-0.2, 0) is 9.15 Å². The third kappa shape index (κ3) is 8.33. The van der Waals surface area contributed by atoms with E-state index in [1.165, 1.54) is 0 Å². The highest BCUT2D eigenvalue weighted by molar-refractivity contribution is 7.40. The molecule has 0 radical (unpaired) electrons. The third-order valence-corrected chi connectivity index (χ3v) is 1.97. The molecule has 0 aromatic rings. The predicted molar refractivity (Wildman–Crippen MR) is 47.9 cm³/mol. The fourth-order valence-corrected chi connectivity index (χ4v) is 1.12. The molecule has 74 valence electrons. The molecule has 0 aliphatic rings. The third-order valence-electron chi connectivity index (χ3n) is 1.39. The molecular weight excluding hydrogens is 179 g/mol. The van der Waals surface area contributed by atoms with Crippen LogP contribution in [0.25, 0.3) is 0 Å². The summed E-state index contributed by atoms with van der Waals surface area (Å²) in [5.74, 6) is 4.67. The summed E-state index contributed by atoms with van der Waals surface area (Å²) in [4.78, 5) is 8.74. The van der Waals surface area contributed by atoms with E-state index in [1.807, 2.05) is 0 Å². The normalized spacial score (nSPS) is 13.2. The van der Waals surface area contributed by atoms with E-state index >= 15 is 0 Å². The van der Waals surface area contributed by atoms with Gasteiger partial charge in [0.15, 0.2) is 0 Å². The minimum Gasteiger partial charge on any atom is -0.330 e. The van der Waals surface area contributed by atoms with Crippen LogP contribution in [0.15, 0.2) is 0 Å². The van der Waals surface area contributed by atoms with Crippen molar-refractivity contribution in [3.8, 4) is 0 Å². The summed E-state index contributed by atoms with van der Waals surface area (Å²) in [5, 5.41) is 0. The van der Waals surface area contributed by atoms with Crippen molar-refractivity contribution in [3.05, 3.63) is 0 Å². The maximum atomic E-state index is 8.74. The Morgan fingerprint density at radius 2 is 1.83 bits per heavy atom. The van der Waals surface area contributed by atoms with Gasteiger partial charge in [-0.15, -0.1) is 0 Å². The Balaban J connectivity index is 2.90. The second-order valence-corrected chi connectivity index (χ2v) is 3.32. The van der Waals surface area contributed by atoms with Crippen molar-refractivity contribution in [1.29, 1.82) is 0 Å². The van der Waals surface area contributed by atoms with E-state index < -0.39 is 8.60 Å². The quantitative estimate of drug-likeness (QED) is 0.301. The Hall–Kier alpha value is 0.230. The summed E-state index contributed by atoms with van der Waals surface area (Å²) in [6, 6.07) is 0. The molecule has 1 atom stereocenters. The minimum absolute atomic E-state index is 0.490. The summed E-state index contributed by atoms with van der Waals surface area (Å²) < 4.78 is 8.87. The zero-order valence-electron chi connectivity index (χ0n) is 7.11. The van der Waals surface area contributed by atoms with Crippen molar-refractivity contribution in [2.24, 2.45) is 11.6 Å². The van der Waals surface area contributed by atoms with Gasteiger partial charge in [-0.25, -0.2) is 10.5 Å². The average Bonchev–Trinajstić information content (AvgIpc) is 2.10. The highest BCUT2D eigenvalue weighted by atomic mass is 31.2. The van der Waals surface area contributed by atoms with Gasteiger partial charge in [0.2, 0.25) is 0 Å². The van der Waals surface area contributed by atoms with Crippen LogP contribution in [0, 0.1) is 0 Å². The molecule has 0 aromatic carbocycles. The molecule has 0 rings (SSSR count). The van der Waals surface area contributed by atoms with Gasteiger partial charge in [-0.3, -0.25) is 0 Å². The maximum Gasteiger partial charge on any atom is 0.347 e. The van der Waals surface area contributed by atoms with Gasteiger partial charge in [0.25, 0.3) is 0 Å². The number of rotatable bonds is 8. The van der Waals surface area contributed by atoms with Crippen LogP contribution in [0.3, 0.4) is 0 Å². The first-order chi connectivity index (χ1) is 5.81. The van der Waals surface area contributed by atoms with E-state index in [1.54, 1.807) is 0 Å². The topological polar surface area (TPSA) is 90.7 Å². The van der Waals surface area contributed by atoms with Gasteiger partial charge in [-0.05, 0) is 19.4 Å². The summed E-state index contributed by atoms with van der Waals surface area (Å²) in [7, 11) is -1.85. The molecule has 5 nitrogen and oxygen atoms in total. The highest BCUT2D eigenvalue weighted by Gasteiger charge is 2.02. The Morgan fingerprint density at radius 3 is 2.42 bits per heavy atom. The number of hydrogen-bond donors (Lipinski definition) is 3. The van der Waals surface area contributed by atoms with Gasteiger partial charge in [0, 0.05) is 0 Å². The van der Waals surface area contributed by atoms with Crippen LogP contribution >= 0.6 is 8.60 Å². The molecule has 0 fully saturated rings. The summed E-state index contributed by atoms with van der Waals surface area (Å²) in [6.07, 6.45) is 4.11. The van der Waals surface area contributed by atoms with Gasteiger partial charge >= 0.3 is 8.60 Å². The molecule has 5 N–H and O–H groups in total. The van der Waals surface area contributed by atoms with Crippen molar-refractivity contribution in [1.82, 2.24) is 0 Å². The van der Waals surface area contributed by atoms with E-state index in [-0.39, 0.29) is 0 Å². The minimum atomic E-state index is -1.85. The van der Waals surface area contributed by atoms with Crippen molar-refractivity contribution in [3.63, 3.8) is 0 Å². The van der Waals surface area contributed by atoms with E-state index in [0.29, 0.717) is 6.61 Å². The monoisotopic (exact) mass is 196 g/mol. The van der Waals surface area contributed by atoms with Gasteiger partial charge in [0.05, 0.1) is 6.61 Å². The SMILES string of the molecule is NCCCCCCOP(O)ON. The molecule has 0 heterocycles. The summed E-state index contributed by atoms with van der Waals surface area (Å²) >= 11 is 0. The molecule has 0 bridgehead atoms. The number of hydrogen-bond acceptors (Lipinski definition) is 5. The molecule has 1 unspecified atom stereocenters. The number of nitrogens with two attached hydrogens (primary N) is 2. The first-order valence-electron chi connectivity index (χ1n) is 4.00. The van der Waals surface area contributed by atoms with E-state index in [4.69, 9.17) is 15.2 Å². The van der Waals surface area contributed by atoms with Gasteiger partial charge in [0.1, 0.15) is 0 Å². The summed E-state index contributed by atoms with van der Waals surface area (Å²) in [5.41, 5.74) is 5.31.